The van der Waals surface area contributed by atoms with Crippen LogP contribution in [0.15, 0.2) is 42.1 Å². The molecule has 1 aromatic rings. The van der Waals surface area contributed by atoms with E-state index in [1.54, 1.807) is 36.1 Å². The molecule has 0 aliphatic carbocycles. The van der Waals surface area contributed by atoms with Crippen molar-refractivity contribution in [1.29, 1.82) is 0 Å². The number of nitrogens with zero attached hydrogens (tertiary/aromatic N) is 3. The number of ether oxygens (including phenoxy) is 1. The lowest BCUT2D eigenvalue weighted by Gasteiger charge is -2.40. The topological polar surface area (TPSA) is 65.1 Å². The molecule has 0 bridgehead atoms. The van der Waals surface area contributed by atoms with Gasteiger partial charge >= 0.3 is 12.0 Å². The van der Waals surface area contributed by atoms with E-state index < -0.39 is 12.0 Å². The zero-order chi connectivity index (χ0) is 22.5. The summed E-state index contributed by atoms with van der Waals surface area (Å²) in [4.78, 5) is 32.2. The summed E-state index contributed by atoms with van der Waals surface area (Å²) >= 11 is 12.5. The molecule has 7 nitrogen and oxygen atoms in total. The van der Waals surface area contributed by atoms with Crippen molar-refractivity contribution in [2.75, 3.05) is 52.9 Å². The Hall–Kier alpha value is -2.06. The third kappa shape index (κ3) is 5.41. The molecule has 2 aliphatic rings. The van der Waals surface area contributed by atoms with Crippen LogP contribution in [0.2, 0.25) is 10.0 Å². The van der Waals surface area contributed by atoms with Crippen molar-refractivity contribution >= 4 is 35.2 Å². The number of carbonyl (C=O) groups excluding carboxylic acids is 2. The fraction of sp³-hybridized carbons (Fsp3) is 0.455. The number of nitrogens with one attached hydrogen (secondary N) is 1. The highest BCUT2D eigenvalue weighted by atomic mass is 35.5. The lowest BCUT2D eigenvalue weighted by Crippen LogP contribution is -2.53. The lowest BCUT2D eigenvalue weighted by molar-refractivity contribution is -0.139. The number of amides is 2. The van der Waals surface area contributed by atoms with Crippen LogP contribution < -0.4 is 5.32 Å². The molecule has 168 valence electrons. The summed E-state index contributed by atoms with van der Waals surface area (Å²) in [5, 5.41) is 3.76. The molecule has 2 aliphatic heterocycles. The summed E-state index contributed by atoms with van der Waals surface area (Å²) in [6.07, 6.45) is 1.64. The average Bonchev–Trinajstić information content (AvgIpc) is 2.72. The summed E-state index contributed by atoms with van der Waals surface area (Å²) in [5.74, 6) is -0.475. The van der Waals surface area contributed by atoms with E-state index in [0.717, 1.165) is 26.2 Å². The minimum absolute atomic E-state index is 0.223. The van der Waals surface area contributed by atoms with E-state index in [-0.39, 0.29) is 19.2 Å². The smallest absolute Gasteiger partial charge is 0.338 e. The van der Waals surface area contributed by atoms with Crippen LogP contribution in [0.4, 0.5) is 4.79 Å². The summed E-state index contributed by atoms with van der Waals surface area (Å²) in [7, 11) is 2.08. The first-order chi connectivity index (χ1) is 14.8. The van der Waals surface area contributed by atoms with E-state index in [4.69, 9.17) is 27.9 Å². The van der Waals surface area contributed by atoms with Crippen LogP contribution in [0, 0.1) is 0 Å². The Morgan fingerprint density at radius 1 is 1.29 bits per heavy atom. The Morgan fingerprint density at radius 2 is 2.00 bits per heavy atom. The Bertz CT molecular complexity index is 882. The van der Waals surface area contributed by atoms with Crippen molar-refractivity contribution in [3.8, 4) is 0 Å². The second-order valence-corrected chi connectivity index (χ2v) is 8.45. The van der Waals surface area contributed by atoms with Crippen LogP contribution in [0.3, 0.4) is 0 Å². The number of halogens is 2. The van der Waals surface area contributed by atoms with Gasteiger partial charge in [0.1, 0.15) is 0 Å². The molecule has 3 rings (SSSR count). The van der Waals surface area contributed by atoms with Gasteiger partial charge in [-0.25, -0.2) is 9.59 Å². The normalized spacial score (nSPS) is 20.6. The van der Waals surface area contributed by atoms with Crippen LogP contribution in [0.25, 0.3) is 0 Å². The maximum absolute atomic E-state index is 13.1. The molecule has 31 heavy (non-hydrogen) atoms. The highest BCUT2D eigenvalue weighted by Gasteiger charge is 2.39. The lowest BCUT2D eigenvalue weighted by atomic mass is 9.94. The third-order valence-electron chi connectivity index (χ3n) is 5.49. The van der Waals surface area contributed by atoms with Gasteiger partial charge in [-0.15, -0.1) is 6.58 Å². The molecule has 1 aromatic carbocycles. The van der Waals surface area contributed by atoms with E-state index in [0.29, 0.717) is 33.4 Å². The maximum atomic E-state index is 13.1. The van der Waals surface area contributed by atoms with Crippen molar-refractivity contribution in [1.82, 2.24) is 20.0 Å². The fourth-order valence-electron chi connectivity index (χ4n) is 3.83. The van der Waals surface area contributed by atoms with Crippen LogP contribution in [0.5, 0.6) is 0 Å². The van der Waals surface area contributed by atoms with Crippen LogP contribution in [-0.4, -0.2) is 79.6 Å². The molecule has 1 fully saturated rings. The van der Waals surface area contributed by atoms with Gasteiger partial charge in [0, 0.05) is 55.0 Å². The van der Waals surface area contributed by atoms with Crippen molar-refractivity contribution in [3.05, 3.63) is 57.7 Å². The molecule has 1 saturated heterocycles. The molecule has 0 radical (unpaired) electrons. The minimum Gasteiger partial charge on any atom is -0.463 e. The molecule has 0 spiro atoms. The molecule has 0 saturated carbocycles. The molecule has 1 N–H and O–H groups in total. The standard InChI is InChI=1S/C22H28Cl2N4O3/c1-4-8-28-18(14-27-11-9-26(3)10-12-27)19(21(29)31-5-2)20(25-22(28)30)16-7-6-15(23)13-17(16)24/h4,6-7,13,20H,1,5,8-12,14H2,2-3H3,(H,25,30). The number of hydrogen-bond donors (Lipinski definition) is 1. The Morgan fingerprint density at radius 3 is 2.61 bits per heavy atom. The maximum Gasteiger partial charge on any atom is 0.338 e. The van der Waals surface area contributed by atoms with Gasteiger partial charge < -0.3 is 15.0 Å². The first kappa shape index (κ1) is 23.6. The first-order valence-corrected chi connectivity index (χ1v) is 11.1. The monoisotopic (exact) mass is 466 g/mol. The van der Waals surface area contributed by atoms with Crippen molar-refractivity contribution in [2.24, 2.45) is 0 Å². The van der Waals surface area contributed by atoms with E-state index in [1.807, 2.05) is 0 Å². The van der Waals surface area contributed by atoms with Crippen molar-refractivity contribution in [2.45, 2.75) is 13.0 Å². The number of hydrogen-bond acceptors (Lipinski definition) is 5. The quantitative estimate of drug-likeness (QED) is 0.493. The van der Waals surface area contributed by atoms with E-state index >= 15 is 0 Å². The summed E-state index contributed by atoms with van der Waals surface area (Å²) < 4.78 is 5.40. The van der Waals surface area contributed by atoms with Crippen molar-refractivity contribution in [3.63, 3.8) is 0 Å². The fourth-order valence-corrected chi connectivity index (χ4v) is 4.35. The van der Waals surface area contributed by atoms with Gasteiger partial charge in [-0.3, -0.25) is 9.80 Å². The predicted octanol–water partition coefficient (Wildman–Crippen LogP) is 3.31. The van der Waals surface area contributed by atoms with E-state index in [2.05, 4.69) is 28.7 Å². The predicted molar refractivity (Wildman–Crippen MR) is 122 cm³/mol. The Kier molecular flexibility index (Phi) is 8.00. The van der Waals surface area contributed by atoms with Gasteiger partial charge in [-0.1, -0.05) is 35.3 Å². The van der Waals surface area contributed by atoms with Crippen molar-refractivity contribution < 1.29 is 14.3 Å². The molecule has 1 unspecified atom stereocenters. The molecule has 0 aromatic heterocycles. The molecule has 2 heterocycles. The number of piperazine rings is 1. The highest BCUT2D eigenvalue weighted by molar-refractivity contribution is 6.35. The van der Waals surface area contributed by atoms with Gasteiger partial charge in [0.2, 0.25) is 0 Å². The van der Waals surface area contributed by atoms with E-state index in [9.17, 15) is 9.59 Å². The largest absolute Gasteiger partial charge is 0.463 e. The first-order valence-electron chi connectivity index (χ1n) is 10.3. The molecule has 9 heteroatoms. The minimum atomic E-state index is -0.736. The number of carbonyl (C=O) groups is 2. The molecular formula is C22H28Cl2N4O3. The molecule has 2 amide bonds. The number of rotatable bonds is 7. The number of benzene rings is 1. The highest BCUT2D eigenvalue weighted by Crippen LogP contribution is 2.36. The van der Waals surface area contributed by atoms with Crippen LogP contribution in [-0.2, 0) is 9.53 Å². The molecular weight excluding hydrogens is 439 g/mol. The van der Waals surface area contributed by atoms with Gasteiger partial charge in [0.25, 0.3) is 0 Å². The van der Waals surface area contributed by atoms with Gasteiger partial charge in [-0.2, -0.15) is 0 Å². The van der Waals surface area contributed by atoms with Gasteiger partial charge in [-0.05, 0) is 31.7 Å². The summed E-state index contributed by atoms with van der Waals surface area (Å²) in [5.41, 5.74) is 1.59. The SMILES string of the molecule is C=CCN1C(=O)NC(c2ccc(Cl)cc2Cl)C(C(=O)OCC)=C1CN1CCN(C)CC1. The summed E-state index contributed by atoms with van der Waals surface area (Å²) in [6.45, 7) is 9.99. The number of likely N-dealkylation sites (N-methyl/N-ethyl adjacent to an activating group) is 1. The second kappa shape index (κ2) is 10.5. The zero-order valence-corrected chi connectivity index (χ0v) is 19.4. The van der Waals surface area contributed by atoms with Crippen LogP contribution in [0.1, 0.15) is 18.5 Å². The third-order valence-corrected chi connectivity index (χ3v) is 6.05. The Labute approximate surface area is 193 Å². The van der Waals surface area contributed by atoms with E-state index in [1.165, 1.54) is 0 Å². The number of esters is 1. The second-order valence-electron chi connectivity index (χ2n) is 7.61. The summed E-state index contributed by atoms with van der Waals surface area (Å²) in [6, 6.07) is 3.97. The molecule has 1 atom stereocenters. The van der Waals surface area contributed by atoms with Gasteiger partial charge in [0.05, 0.1) is 18.2 Å². The zero-order valence-electron chi connectivity index (χ0n) is 17.9. The average molecular weight is 467 g/mol. The van der Waals surface area contributed by atoms with Gasteiger partial charge in [0.15, 0.2) is 0 Å². The number of urea groups is 1. The van der Waals surface area contributed by atoms with Crippen LogP contribution >= 0.6 is 23.2 Å². The Balaban J connectivity index is 2.10.